The maximum Gasteiger partial charge on any atom is 0.410 e. The Labute approximate surface area is 166 Å². The lowest BCUT2D eigenvalue weighted by Gasteiger charge is -2.37. The predicted octanol–water partition coefficient (Wildman–Crippen LogP) is 1.91. The van der Waals surface area contributed by atoms with Gasteiger partial charge >= 0.3 is 6.09 Å². The van der Waals surface area contributed by atoms with E-state index in [1.54, 1.807) is 4.90 Å². The van der Waals surface area contributed by atoms with Crippen molar-refractivity contribution in [3.8, 4) is 0 Å². The summed E-state index contributed by atoms with van der Waals surface area (Å²) in [6.45, 7) is 8.06. The fourth-order valence-corrected chi connectivity index (χ4v) is 3.61. The summed E-state index contributed by atoms with van der Waals surface area (Å²) in [5.41, 5.74) is 0.582. The number of imide groups is 1. The zero-order chi connectivity index (χ0) is 20.3. The van der Waals surface area contributed by atoms with E-state index < -0.39 is 11.6 Å². The molecule has 2 fully saturated rings. The van der Waals surface area contributed by atoms with Crippen LogP contribution in [0, 0.1) is 0 Å². The van der Waals surface area contributed by atoms with Crippen molar-refractivity contribution in [1.82, 2.24) is 14.7 Å². The van der Waals surface area contributed by atoms with Crippen molar-refractivity contribution in [1.29, 1.82) is 0 Å². The molecule has 3 rings (SSSR count). The molecule has 2 saturated heterocycles. The van der Waals surface area contributed by atoms with Crippen LogP contribution in [0.4, 0.5) is 4.79 Å². The molecule has 0 aliphatic carbocycles. The van der Waals surface area contributed by atoms with Gasteiger partial charge in [-0.3, -0.25) is 19.4 Å². The van der Waals surface area contributed by atoms with Gasteiger partial charge in [-0.2, -0.15) is 0 Å². The number of amides is 3. The number of nitrogens with zero attached hydrogens (tertiary/aromatic N) is 3. The summed E-state index contributed by atoms with van der Waals surface area (Å²) in [4.78, 5) is 42.4. The minimum absolute atomic E-state index is 0.111. The average Bonchev–Trinajstić information content (AvgIpc) is 2.93. The molecule has 3 amide bonds. The first-order valence-corrected chi connectivity index (χ1v) is 9.85. The Kier molecular flexibility index (Phi) is 6.03. The highest BCUT2D eigenvalue weighted by Crippen LogP contribution is 2.21. The normalized spacial score (nSPS) is 21.3. The quantitative estimate of drug-likeness (QED) is 0.738. The number of ether oxygens (including phenoxy) is 1. The molecule has 7 nitrogen and oxygen atoms in total. The lowest BCUT2D eigenvalue weighted by atomic mass is 10.1. The molecule has 0 unspecified atom stereocenters. The largest absolute Gasteiger partial charge is 0.444 e. The SMILES string of the molecule is CC(C)(C)OC(=O)N1CCN([C@@H]2CC(=O)N(CCc3ccccc3)C2=O)CC1. The fourth-order valence-electron chi connectivity index (χ4n) is 3.61. The minimum atomic E-state index is -0.526. The van der Waals surface area contributed by atoms with Gasteiger partial charge in [0.15, 0.2) is 0 Å². The van der Waals surface area contributed by atoms with E-state index in [1.807, 2.05) is 56.0 Å². The summed E-state index contributed by atoms with van der Waals surface area (Å²) >= 11 is 0. The van der Waals surface area contributed by atoms with E-state index in [2.05, 4.69) is 0 Å². The van der Waals surface area contributed by atoms with E-state index in [0.29, 0.717) is 39.1 Å². The monoisotopic (exact) mass is 387 g/mol. The van der Waals surface area contributed by atoms with Gasteiger partial charge in [0.05, 0.1) is 12.5 Å². The van der Waals surface area contributed by atoms with Crippen LogP contribution in [0.2, 0.25) is 0 Å². The first kappa shape index (κ1) is 20.3. The van der Waals surface area contributed by atoms with Crippen molar-refractivity contribution in [3.05, 3.63) is 35.9 Å². The molecule has 2 heterocycles. The van der Waals surface area contributed by atoms with Crippen molar-refractivity contribution in [2.45, 2.75) is 45.3 Å². The van der Waals surface area contributed by atoms with Crippen LogP contribution in [0.5, 0.6) is 0 Å². The molecule has 0 bridgehead atoms. The third-order valence-corrected chi connectivity index (χ3v) is 5.09. The number of hydrogen-bond donors (Lipinski definition) is 0. The highest BCUT2D eigenvalue weighted by Gasteiger charge is 2.42. The van der Waals surface area contributed by atoms with E-state index >= 15 is 0 Å². The van der Waals surface area contributed by atoms with Crippen LogP contribution in [0.15, 0.2) is 30.3 Å². The first-order valence-electron chi connectivity index (χ1n) is 9.85. The van der Waals surface area contributed by atoms with Gasteiger partial charge < -0.3 is 9.64 Å². The molecule has 0 N–H and O–H groups in total. The van der Waals surface area contributed by atoms with Crippen molar-refractivity contribution in [2.75, 3.05) is 32.7 Å². The number of carbonyl (C=O) groups excluding carboxylic acids is 3. The zero-order valence-electron chi connectivity index (χ0n) is 16.9. The highest BCUT2D eigenvalue weighted by molar-refractivity contribution is 6.05. The summed E-state index contributed by atoms with van der Waals surface area (Å²) in [7, 11) is 0. The van der Waals surface area contributed by atoms with Crippen LogP contribution >= 0.6 is 0 Å². The van der Waals surface area contributed by atoms with Gasteiger partial charge in [0.1, 0.15) is 5.60 Å². The number of rotatable bonds is 4. The Hall–Kier alpha value is -2.41. The molecule has 0 saturated carbocycles. The molecule has 0 spiro atoms. The lowest BCUT2D eigenvalue weighted by molar-refractivity contribution is -0.139. The van der Waals surface area contributed by atoms with E-state index in [-0.39, 0.29) is 24.3 Å². The molecule has 2 aliphatic heterocycles. The summed E-state index contributed by atoms with van der Waals surface area (Å²) in [6.07, 6.45) is 0.558. The second-order valence-corrected chi connectivity index (χ2v) is 8.34. The van der Waals surface area contributed by atoms with Crippen molar-refractivity contribution >= 4 is 17.9 Å². The second-order valence-electron chi connectivity index (χ2n) is 8.34. The molecule has 0 radical (unpaired) electrons. The van der Waals surface area contributed by atoms with Gasteiger partial charge in [0.2, 0.25) is 11.8 Å². The molecule has 7 heteroatoms. The molecular formula is C21H29N3O4. The number of hydrogen-bond acceptors (Lipinski definition) is 5. The van der Waals surface area contributed by atoms with Crippen LogP contribution in [0.1, 0.15) is 32.8 Å². The number of carbonyl (C=O) groups is 3. The van der Waals surface area contributed by atoms with Gasteiger partial charge in [-0.1, -0.05) is 30.3 Å². The summed E-state index contributed by atoms with van der Waals surface area (Å²) in [6, 6.07) is 9.44. The van der Waals surface area contributed by atoms with Crippen molar-refractivity contribution < 1.29 is 19.1 Å². The van der Waals surface area contributed by atoms with Crippen LogP contribution < -0.4 is 0 Å². The molecule has 1 aromatic rings. The van der Waals surface area contributed by atoms with Gasteiger partial charge in [0.25, 0.3) is 0 Å². The molecular weight excluding hydrogens is 358 g/mol. The Balaban J connectivity index is 1.52. The maximum absolute atomic E-state index is 12.8. The van der Waals surface area contributed by atoms with Crippen LogP contribution in [0.3, 0.4) is 0 Å². The Morgan fingerprint density at radius 3 is 2.32 bits per heavy atom. The first-order chi connectivity index (χ1) is 13.2. The Morgan fingerprint density at radius 1 is 1.07 bits per heavy atom. The molecule has 152 valence electrons. The molecule has 2 aliphatic rings. The Bertz CT molecular complexity index is 721. The van der Waals surface area contributed by atoms with Crippen LogP contribution in [-0.4, -0.2) is 77.0 Å². The van der Waals surface area contributed by atoms with E-state index in [0.717, 1.165) is 5.56 Å². The van der Waals surface area contributed by atoms with E-state index in [1.165, 1.54) is 4.90 Å². The maximum atomic E-state index is 12.8. The topological polar surface area (TPSA) is 70.2 Å². The minimum Gasteiger partial charge on any atom is -0.444 e. The lowest BCUT2D eigenvalue weighted by Crippen LogP contribution is -2.54. The van der Waals surface area contributed by atoms with Gasteiger partial charge in [-0.05, 0) is 32.8 Å². The highest BCUT2D eigenvalue weighted by atomic mass is 16.6. The number of likely N-dealkylation sites (tertiary alicyclic amines) is 1. The van der Waals surface area contributed by atoms with Crippen molar-refractivity contribution in [2.24, 2.45) is 0 Å². The number of piperazine rings is 1. The van der Waals surface area contributed by atoms with Gasteiger partial charge in [-0.25, -0.2) is 4.79 Å². The van der Waals surface area contributed by atoms with Gasteiger partial charge in [0, 0.05) is 32.7 Å². The van der Waals surface area contributed by atoms with Gasteiger partial charge in [-0.15, -0.1) is 0 Å². The van der Waals surface area contributed by atoms with E-state index in [4.69, 9.17) is 4.74 Å². The summed E-state index contributed by atoms with van der Waals surface area (Å²) in [5.74, 6) is -0.229. The predicted molar refractivity (Wildman–Crippen MR) is 105 cm³/mol. The second kappa shape index (κ2) is 8.31. The Morgan fingerprint density at radius 2 is 1.71 bits per heavy atom. The third kappa shape index (κ3) is 4.90. The molecule has 0 aromatic heterocycles. The average molecular weight is 387 g/mol. The third-order valence-electron chi connectivity index (χ3n) is 5.09. The number of benzene rings is 1. The summed E-state index contributed by atoms with van der Waals surface area (Å²) in [5, 5.41) is 0. The van der Waals surface area contributed by atoms with E-state index in [9.17, 15) is 14.4 Å². The van der Waals surface area contributed by atoms with Crippen LogP contribution in [-0.2, 0) is 20.7 Å². The van der Waals surface area contributed by atoms with Crippen molar-refractivity contribution in [3.63, 3.8) is 0 Å². The fraction of sp³-hybridized carbons (Fsp3) is 0.571. The molecule has 28 heavy (non-hydrogen) atoms. The van der Waals surface area contributed by atoms with Crippen LogP contribution in [0.25, 0.3) is 0 Å². The molecule has 1 aromatic carbocycles. The standard InChI is InChI=1S/C21H29N3O4/c1-21(2,3)28-20(27)23-13-11-22(12-14-23)17-15-18(25)24(19(17)26)10-9-16-7-5-4-6-8-16/h4-8,17H,9-15H2,1-3H3/t17-/m1/s1. The smallest absolute Gasteiger partial charge is 0.410 e. The molecule has 1 atom stereocenters. The zero-order valence-corrected chi connectivity index (χ0v) is 16.9. The summed E-state index contributed by atoms with van der Waals surface area (Å²) < 4.78 is 5.41.